The number of hydrogen-bond acceptors (Lipinski definition) is 6. The molecule has 0 aliphatic heterocycles. The summed E-state index contributed by atoms with van der Waals surface area (Å²) < 4.78 is 18.7. The van der Waals surface area contributed by atoms with Crippen molar-refractivity contribution in [2.45, 2.75) is 17.2 Å². The summed E-state index contributed by atoms with van der Waals surface area (Å²) in [5, 5.41) is 0.390. The number of thiophene rings is 1. The Hall–Kier alpha value is -1.99. The molecule has 118 valence electrons. The smallest absolute Gasteiger partial charge is 0.318 e. The summed E-state index contributed by atoms with van der Waals surface area (Å²) in [5.41, 5.74) is 1.73. The van der Waals surface area contributed by atoms with Gasteiger partial charge in [-0.25, -0.2) is 14.4 Å². The number of ether oxygens (including phenoxy) is 1. The van der Waals surface area contributed by atoms with Crippen LogP contribution in [0.2, 0.25) is 0 Å². The van der Waals surface area contributed by atoms with E-state index in [2.05, 4.69) is 9.97 Å². The number of methoxy groups -OCH3 is 1. The van der Waals surface area contributed by atoms with Gasteiger partial charge in [0.25, 0.3) is 0 Å². The van der Waals surface area contributed by atoms with E-state index in [0.717, 1.165) is 25.7 Å². The van der Waals surface area contributed by atoms with Crippen LogP contribution in [0.1, 0.15) is 6.92 Å². The monoisotopic (exact) mass is 348 g/mol. The summed E-state index contributed by atoms with van der Waals surface area (Å²) in [4.78, 5) is 21.1. The predicted molar refractivity (Wildman–Crippen MR) is 90.1 cm³/mol. The van der Waals surface area contributed by atoms with Gasteiger partial charge < -0.3 is 4.74 Å². The zero-order valence-corrected chi connectivity index (χ0v) is 14.1. The quantitative estimate of drug-likeness (QED) is 0.403. The zero-order chi connectivity index (χ0) is 16.4. The predicted octanol–water partition coefficient (Wildman–Crippen LogP) is 4.15. The Bertz CT molecular complexity index is 849. The van der Waals surface area contributed by atoms with Crippen LogP contribution in [0.5, 0.6) is 0 Å². The molecule has 0 radical (unpaired) electrons. The molecule has 0 N–H and O–H groups in total. The van der Waals surface area contributed by atoms with Gasteiger partial charge >= 0.3 is 5.97 Å². The molecule has 0 spiro atoms. The van der Waals surface area contributed by atoms with E-state index in [9.17, 15) is 9.18 Å². The average Bonchev–Trinajstić information content (AvgIpc) is 3.00. The first-order valence-electron chi connectivity index (χ1n) is 6.83. The van der Waals surface area contributed by atoms with Crippen molar-refractivity contribution in [3.8, 4) is 10.4 Å². The summed E-state index contributed by atoms with van der Waals surface area (Å²) in [6.07, 6.45) is 1.48. The lowest BCUT2D eigenvalue weighted by molar-refractivity contribution is -0.139. The molecule has 3 aromatic rings. The van der Waals surface area contributed by atoms with Gasteiger partial charge in [-0.2, -0.15) is 0 Å². The van der Waals surface area contributed by atoms with Gasteiger partial charge in [-0.3, -0.25) is 4.79 Å². The second-order valence-corrected chi connectivity index (χ2v) is 7.18. The van der Waals surface area contributed by atoms with Crippen LogP contribution in [0.25, 0.3) is 20.7 Å². The van der Waals surface area contributed by atoms with E-state index in [4.69, 9.17) is 4.74 Å². The number of hydrogen-bond donors (Lipinski definition) is 0. The molecule has 4 nitrogen and oxygen atoms in total. The number of carbonyl (C=O) groups is 1. The Kier molecular flexibility index (Phi) is 4.58. The van der Waals surface area contributed by atoms with Crippen LogP contribution in [0.3, 0.4) is 0 Å². The molecule has 1 aromatic carbocycles. The van der Waals surface area contributed by atoms with Crippen LogP contribution in [-0.4, -0.2) is 28.3 Å². The van der Waals surface area contributed by atoms with Crippen LogP contribution in [-0.2, 0) is 9.53 Å². The number of halogens is 1. The van der Waals surface area contributed by atoms with Gasteiger partial charge in [0, 0.05) is 4.88 Å². The second-order valence-electron chi connectivity index (χ2n) is 4.79. The first kappa shape index (κ1) is 15.9. The van der Waals surface area contributed by atoms with Crippen LogP contribution in [0.4, 0.5) is 4.39 Å². The van der Waals surface area contributed by atoms with Crippen LogP contribution < -0.4 is 0 Å². The average molecular weight is 348 g/mol. The molecular formula is C16H13FN2O2S2. The molecule has 3 rings (SSSR count). The summed E-state index contributed by atoms with van der Waals surface area (Å²) in [6.45, 7) is 1.78. The minimum absolute atomic E-state index is 0.266. The van der Waals surface area contributed by atoms with Gasteiger partial charge in [-0.15, -0.1) is 11.3 Å². The molecule has 0 aliphatic rings. The number of benzene rings is 1. The maximum absolute atomic E-state index is 13.1. The molecule has 7 heteroatoms. The Labute approximate surface area is 140 Å². The lowest BCUT2D eigenvalue weighted by atomic mass is 10.2. The van der Waals surface area contributed by atoms with E-state index in [0.29, 0.717) is 0 Å². The Morgan fingerprint density at radius 1 is 1.30 bits per heavy atom. The van der Waals surface area contributed by atoms with E-state index < -0.39 is 0 Å². The van der Waals surface area contributed by atoms with Gasteiger partial charge in [0.2, 0.25) is 0 Å². The summed E-state index contributed by atoms with van der Waals surface area (Å²) in [6, 6.07) is 8.28. The van der Waals surface area contributed by atoms with Crippen LogP contribution in [0.15, 0.2) is 41.7 Å². The maximum atomic E-state index is 13.1. The first-order chi connectivity index (χ1) is 11.1. The number of nitrogens with zero attached hydrogens (tertiary/aromatic N) is 2. The molecular weight excluding hydrogens is 335 g/mol. The fraction of sp³-hybridized carbons (Fsp3) is 0.188. The van der Waals surface area contributed by atoms with Gasteiger partial charge in [0.05, 0.1) is 17.3 Å². The standard InChI is InChI=1S/C16H13FN2O2S2/c1-9(16(20)21-2)22-15-14-12(18-8-19-15)7-13(23-14)10-3-5-11(17)6-4-10/h3-9H,1-2H3/t9-/m1/s1. The van der Waals surface area contributed by atoms with Crippen LogP contribution in [0, 0.1) is 5.82 Å². The maximum Gasteiger partial charge on any atom is 0.318 e. The van der Waals surface area contributed by atoms with E-state index in [-0.39, 0.29) is 17.0 Å². The lowest BCUT2D eigenvalue weighted by Gasteiger charge is -2.07. The Morgan fingerprint density at radius 2 is 2.04 bits per heavy atom. The highest BCUT2D eigenvalue weighted by molar-refractivity contribution is 8.00. The molecule has 0 unspecified atom stereocenters. The van der Waals surface area contributed by atoms with E-state index in [1.54, 1.807) is 19.1 Å². The van der Waals surface area contributed by atoms with Gasteiger partial charge in [0.1, 0.15) is 22.4 Å². The van der Waals surface area contributed by atoms with Crippen molar-refractivity contribution in [1.29, 1.82) is 0 Å². The summed E-state index contributed by atoms with van der Waals surface area (Å²) in [7, 11) is 1.37. The molecule has 0 saturated carbocycles. The van der Waals surface area contributed by atoms with Crippen molar-refractivity contribution in [1.82, 2.24) is 9.97 Å². The third kappa shape index (κ3) is 3.35. The highest BCUT2D eigenvalue weighted by Crippen LogP contribution is 2.38. The van der Waals surface area contributed by atoms with Crippen molar-refractivity contribution in [2.75, 3.05) is 7.11 Å². The van der Waals surface area contributed by atoms with E-state index in [1.165, 1.54) is 48.7 Å². The van der Waals surface area contributed by atoms with Crippen LogP contribution >= 0.6 is 23.1 Å². The highest BCUT2D eigenvalue weighted by Gasteiger charge is 2.18. The molecule has 0 saturated heterocycles. The molecule has 23 heavy (non-hydrogen) atoms. The third-order valence-electron chi connectivity index (χ3n) is 3.23. The van der Waals surface area contributed by atoms with Crippen molar-refractivity contribution in [2.24, 2.45) is 0 Å². The molecule has 2 aromatic heterocycles. The summed E-state index contributed by atoms with van der Waals surface area (Å²) in [5.74, 6) is -0.560. The summed E-state index contributed by atoms with van der Waals surface area (Å²) >= 11 is 2.87. The molecule has 0 aliphatic carbocycles. The second kappa shape index (κ2) is 6.64. The van der Waals surface area contributed by atoms with E-state index in [1.807, 2.05) is 6.07 Å². The third-order valence-corrected chi connectivity index (χ3v) is 5.62. The van der Waals surface area contributed by atoms with Crippen molar-refractivity contribution < 1.29 is 13.9 Å². The minimum atomic E-state index is -0.352. The Balaban J connectivity index is 1.98. The van der Waals surface area contributed by atoms with Gasteiger partial charge in [-0.1, -0.05) is 23.9 Å². The number of carbonyl (C=O) groups excluding carboxylic acids is 1. The fourth-order valence-corrected chi connectivity index (χ4v) is 4.17. The molecule has 1 atom stereocenters. The fourth-order valence-electron chi connectivity index (χ4n) is 2.05. The highest BCUT2D eigenvalue weighted by atomic mass is 32.2. The number of aromatic nitrogens is 2. The molecule has 0 amide bonds. The van der Waals surface area contributed by atoms with Gasteiger partial charge in [-0.05, 0) is 30.7 Å². The number of rotatable bonds is 4. The molecule has 0 bridgehead atoms. The topological polar surface area (TPSA) is 52.1 Å². The van der Waals surface area contributed by atoms with Crippen molar-refractivity contribution in [3.63, 3.8) is 0 Å². The van der Waals surface area contributed by atoms with Crippen molar-refractivity contribution in [3.05, 3.63) is 42.5 Å². The minimum Gasteiger partial charge on any atom is -0.468 e. The SMILES string of the molecule is COC(=O)[C@@H](C)Sc1ncnc2cc(-c3ccc(F)cc3)sc12. The first-order valence-corrected chi connectivity index (χ1v) is 8.53. The zero-order valence-electron chi connectivity index (χ0n) is 12.4. The van der Waals surface area contributed by atoms with Crippen molar-refractivity contribution >= 4 is 39.3 Å². The Morgan fingerprint density at radius 3 is 2.74 bits per heavy atom. The largest absolute Gasteiger partial charge is 0.468 e. The van der Waals surface area contributed by atoms with E-state index >= 15 is 0 Å². The number of thioether (sulfide) groups is 1. The number of fused-ring (bicyclic) bond motifs is 1. The normalized spacial score (nSPS) is 12.3. The lowest BCUT2D eigenvalue weighted by Crippen LogP contribution is -2.14. The molecule has 2 heterocycles. The number of esters is 1. The molecule has 0 fully saturated rings. The van der Waals surface area contributed by atoms with Gasteiger partial charge in [0.15, 0.2) is 0 Å².